The average Bonchev–Trinajstić information content (AvgIpc) is 2.75. The van der Waals surface area contributed by atoms with Gasteiger partial charge < -0.3 is 15.5 Å². The molecule has 0 bridgehead atoms. The summed E-state index contributed by atoms with van der Waals surface area (Å²) >= 11 is 0. The number of hydrogen-bond donors (Lipinski definition) is 2. The number of piperazine rings is 1. The average molecular weight is 395 g/mol. The fraction of sp³-hybridized carbons (Fsp3) is 0.391. The third-order valence-corrected chi connectivity index (χ3v) is 5.49. The summed E-state index contributed by atoms with van der Waals surface area (Å²) in [6, 6.07) is 16.1. The Morgan fingerprint density at radius 2 is 1.62 bits per heavy atom. The van der Waals surface area contributed by atoms with Crippen molar-refractivity contribution in [1.82, 2.24) is 10.2 Å². The van der Waals surface area contributed by atoms with Crippen LogP contribution >= 0.6 is 0 Å². The van der Waals surface area contributed by atoms with Crippen molar-refractivity contribution in [2.24, 2.45) is 0 Å². The molecule has 0 atom stereocenters. The second-order valence-electron chi connectivity index (χ2n) is 7.48. The molecule has 0 radical (unpaired) electrons. The topological polar surface area (TPSA) is 64.7 Å². The van der Waals surface area contributed by atoms with Crippen molar-refractivity contribution in [1.29, 1.82) is 0 Å². The lowest BCUT2D eigenvalue weighted by molar-refractivity contribution is -0.136. The predicted molar refractivity (Wildman–Crippen MR) is 117 cm³/mol. The van der Waals surface area contributed by atoms with Gasteiger partial charge >= 0.3 is 11.8 Å². The molecule has 29 heavy (non-hydrogen) atoms. The number of rotatable bonds is 6. The number of amides is 2. The van der Waals surface area contributed by atoms with Crippen LogP contribution in [0.15, 0.2) is 48.5 Å². The Bertz CT molecular complexity index is 830. The van der Waals surface area contributed by atoms with E-state index < -0.39 is 11.8 Å². The van der Waals surface area contributed by atoms with Crippen molar-refractivity contribution in [2.45, 2.75) is 20.3 Å². The molecule has 0 saturated carbocycles. The first kappa shape index (κ1) is 20.9. The van der Waals surface area contributed by atoms with Gasteiger partial charge in [0.2, 0.25) is 0 Å². The first-order valence-corrected chi connectivity index (χ1v) is 10.2. The number of nitrogens with one attached hydrogen (secondary N) is 2. The van der Waals surface area contributed by atoms with Gasteiger partial charge in [-0.05, 0) is 56.1 Å². The fourth-order valence-corrected chi connectivity index (χ4v) is 3.52. The molecule has 2 aromatic carbocycles. The van der Waals surface area contributed by atoms with Crippen LogP contribution in [0.3, 0.4) is 0 Å². The Morgan fingerprint density at radius 3 is 2.34 bits per heavy atom. The SMILES string of the molecule is Cc1cccc(NC(=O)C(=O)NCCCN2CCN(c3ccccc3)CC2)c1C. The first-order valence-electron chi connectivity index (χ1n) is 10.2. The largest absolute Gasteiger partial charge is 0.369 e. The summed E-state index contributed by atoms with van der Waals surface area (Å²) in [5.41, 5.74) is 4.01. The number of aryl methyl sites for hydroxylation is 1. The van der Waals surface area contributed by atoms with Crippen molar-refractivity contribution in [3.05, 3.63) is 59.7 Å². The molecule has 1 heterocycles. The summed E-state index contributed by atoms with van der Waals surface area (Å²) in [6.07, 6.45) is 0.827. The molecular weight excluding hydrogens is 364 g/mol. The van der Waals surface area contributed by atoms with Crippen LogP contribution in [-0.2, 0) is 9.59 Å². The van der Waals surface area contributed by atoms with E-state index in [2.05, 4.69) is 44.7 Å². The number of benzene rings is 2. The van der Waals surface area contributed by atoms with Crippen molar-refractivity contribution in [3.8, 4) is 0 Å². The molecular formula is C23H30N4O2. The molecule has 154 valence electrons. The van der Waals surface area contributed by atoms with Crippen molar-refractivity contribution in [2.75, 3.05) is 49.5 Å². The number of para-hydroxylation sites is 1. The summed E-state index contributed by atoms with van der Waals surface area (Å²) in [7, 11) is 0. The molecule has 6 heteroatoms. The number of anilines is 2. The van der Waals surface area contributed by atoms with E-state index in [1.54, 1.807) is 0 Å². The van der Waals surface area contributed by atoms with Crippen LogP contribution in [0, 0.1) is 13.8 Å². The van der Waals surface area contributed by atoms with E-state index in [1.807, 2.05) is 38.1 Å². The van der Waals surface area contributed by atoms with E-state index in [0.29, 0.717) is 12.2 Å². The van der Waals surface area contributed by atoms with Gasteiger partial charge in [-0.15, -0.1) is 0 Å². The molecule has 2 N–H and O–H groups in total. The van der Waals surface area contributed by atoms with Crippen molar-refractivity contribution < 1.29 is 9.59 Å². The van der Waals surface area contributed by atoms with Crippen LogP contribution in [0.25, 0.3) is 0 Å². The zero-order valence-corrected chi connectivity index (χ0v) is 17.3. The van der Waals surface area contributed by atoms with E-state index in [4.69, 9.17) is 0 Å². The predicted octanol–water partition coefficient (Wildman–Crippen LogP) is 2.57. The molecule has 1 aliphatic rings. The lowest BCUT2D eigenvalue weighted by atomic mass is 10.1. The fourth-order valence-electron chi connectivity index (χ4n) is 3.52. The molecule has 6 nitrogen and oxygen atoms in total. The third-order valence-electron chi connectivity index (χ3n) is 5.49. The van der Waals surface area contributed by atoms with E-state index in [0.717, 1.165) is 50.3 Å². The first-order chi connectivity index (χ1) is 14.0. The quantitative estimate of drug-likeness (QED) is 0.584. The minimum Gasteiger partial charge on any atom is -0.369 e. The van der Waals surface area contributed by atoms with Crippen LogP contribution in [0.2, 0.25) is 0 Å². The van der Waals surface area contributed by atoms with Crippen molar-refractivity contribution in [3.63, 3.8) is 0 Å². The zero-order chi connectivity index (χ0) is 20.6. The van der Waals surface area contributed by atoms with Crippen LogP contribution in [0.5, 0.6) is 0 Å². The molecule has 1 saturated heterocycles. The maximum absolute atomic E-state index is 12.1. The van der Waals surface area contributed by atoms with E-state index in [-0.39, 0.29) is 0 Å². The lowest BCUT2D eigenvalue weighted by Crippen LogP contribution is -2.47. The molecule has 2 aromatic rings. The van der Waals surface area contributed by atoms with E-state index in [9.17, 15) is 9.59 Å². The maximum atomic E-state index is 12.1. The lowest BCUT2D eigenvalue weighted by Gasteiger charge is -2.36. The zero-order valence-electron chi connectivity index (χ0n) is 17.3. The Balaban J connectivity index is 1.34. The van der Waals surface area contributed by atoms with E-state index >= 15 is 0 Å². The normalized spacial score (nSPS) is 14.5. The smallest absolute Gasteiger partial charge is 0.313 e. The molecule has 1 aliphatic heterocycles. The molecule has 0 aliphatic carbocycles. The summed E-state index contributed by atoms with van der Waals surface area (Å²) in [5, 5.41) is 5.42. The summed E-state index contributed by atoms with van der Waals surface area (Å²) in [5.74, 6) is -1.20. The highest BCUT2D eigenvalue weighted by atomic mass is 16.2. The monoisotopic (exact) mass is 394 g/mol. The summed E-state index contributed by atoms with van der Waals surface area (Å²) in [6.45, 7) is 9.36. The van der Waals surface area contributed by atoms with Gasteiger partial charge in [0, 0.05) is 44.1 Å². The van der Waals surface area contributed by atoms with Crippen molar-refractivity contribution >= 4 is 23.2 Å². The van der Waals surface area contributed by atoms with Gasteiger partial charge in [-0.3, -0.25) is 14.5 Å². The minimum atomic E-state index is -0.616. The molecule has 0 unspecified atom stereocenters. The minimum absolute atomic E-state index is 0.498. The molecule has 3 rings (SSSR count). The highest BCUT2D eigenvalue weighted by molar-refractivity contribution is 6.39. The Hall–Kier alpha value is -2.86. The second-order valence-corrected chi connectivity index (χ2v) is 7.48. The second kappa shape index (κ2) is 10.1. The van der Waals surface area contributed by atoms with Gasteiger partial charge in [0.25, 0.3) is 0 Å². The molecule has 2 amide bonds. The van der Waals surface area contributed by atoms with Crippen LogP contribution in [0.4, 0.5) is 11.4 Å². The number of carbonyl (C=O) groups is 2. The highest BCUT2D eigenvalue weighted by Gasteiger charge is 2.17. The molecule has 0 aromatic heterocycles. The Morgan fingerprint density at radius 1 is 0.897 bits per heavy atom. The van der Waals surface area contributed by atoms with Crippen LogP contribution in [0.1, 0.15) is 17.5 Å². The highest BCUT2D eigenvalue weighted by Crippen LogP contribution is 2.18. The van der Waals surface area contributed by atoms with Gasteiger partial charge in [0.1, 0.15) is 0 Å². The van der Waals surface area contributed by atoms with Gasteiger partial charge in [0.15, 0.2) is 0 Å². The van der Waals surface area contributed by atoms with Crippen LogP contribution in [-0.4, -0.2) is 56.0 Å². The van der Waals surface area contributed by atoms with E-state index in [1.165, 1.54) is 5.69 Å². The number of nitrogens with zero attached hydrogens (tertiary/aromatic N) is 2. The standard InChI is InChI=1S/C23H30N4O2/c1-18-8-6-11-21(19(18)2)25-23(29)22(28)24-12-7-13-26-14-16-27(17-15-26)20-9-4-3-5-10-20/h3-6,8-11H,7,12-17H2,1-2H3,(H,24,28)(H,25,29). The molecule has 0 spiro atoms. The Labute approximate surface area is 172 Å². The maximum Gasteiger partial charge on any atom is 0.313 e. The Kier molecular flexibility index (Phi) is 7.25. The van der Waals surface area contributed by atoms with Gasteiger partial charge in [-0.25, -0.2) is 0 Å². The van der Waals surface area contributed by atoms with Gasteiger partial charge in [0.05, 0.1) is 0 Å². The summed E-state index contributed by atoms with van der Waals surface area (Å²) < 4.78 is 0. The van der Waals surface area contributed by atoms with Crippen LogP contribution < -0.4 is 15.5 Å². The summed E-state index contributed by atoms with van der Waals surface area (Å²) in [4.78, 5) is 29.0. The van der Waals surface area contributed by atoms with Gasteiger partial charge in [-0.2, -0.15) is 0 Å². The van der Waals surface area contributed by atoms with Gasteiger partial charge in [-0.1, -0.05) is 30.3 Å². The molecule has 1 fully saturated rings. The number of carbonyl (C=O) groups excluding carboxylic acids is 2. The number of hydrogen-bond acceptors (Lipinski definition) is 4. The third kappa shape index (κ3) is 5.81.